The first-order chi connectivity index (χ1) is 9.56. The number of halogens is 1. The van der Waals surface area contributed by atoms with Crippen LogP contribution in [0.3, 0.4) is 0 Å². The number of aromatic nitrogens is 1. The maximum absolute atomic E-state index is 13.0. The minimum Gasteiger partial charge on any atom is -0.284 e. The van der Waals surface area contributed by atoms with Crippen molar-refractivity contribution < 1.29 is 4.39 Å². The molecule has 1 aliphatic carbocycles. The number of benzene rings is 1. The molecule has 0 radical (unpaired) electrons. The number of rotatable bonds is 3. The Morgan fingerprint density at radius 1 is 1.20 bits per heavy atom. The van der Waals surface area contributed by atoms with Gasteiger partial charge in [-0.15, -0.1) is 0 Å². The lowest BCUT2D eigenvalue weighted by molar-refractivity contribution is 0.627. The van der Waals surface area contributed by atoms with Crippen LogP contribution in [-0.4, -0.2) is 4.57 Å². The molecule has 2 aromatic rings. The highest BCUT2D eigenvalue weighted by molar-refractivity contribution is 5.37. The zero-order valence-corrected chi connectivity index (χ0v) is 11.8. The zero-order valence-electron chi connectivity index (χ0n) is 11.8. The van der Waals surface area contributed by atoms with Crippen LogP contribution < -0.4 is 5.56 Å². The molecule has 3 heteroatoms. The largest absolute Gasteiger partial charge is 0.284 e. The Balaban J connectivity index is 2.18. The van der Waals surface area contributed by atoms with E-state index in [9.17, 15) is 9.18 Å². The van der Waals surface area contributed by atoms with E-state index in [4.69, 9.17) is 0 Å². The summed E-state index contributed by atoms with van der Waals surface area (Å²) in [6.07, 6.45) is 4.30. The van der Waals surface area contributed by atoms with Gasteiger partial charge in [0.15, 0.2) is 0 Å². The van der Waals surface area contributed by atoms with Crippen LogP contribution in [0.25, 0.3) is 5.69 Å². The van der Waals surface area contributed by atoms with E-state index in [1.807, 2.05) is 26.1 Å². The molecule has 0 spiro atoms. The van der Waals surface area contributed by atoms with Gasteiger partial charge in [0, 0.05) is 17.4 Å². The molecule has 0 N–H and O–H groups in total. The van der Waals surface area contributed by atoms with Crippen molar-refractivity contribution in [2.75, 3.05) is 0 Å². The Kier molecular flexibility index (Phi) is 3.20. The quantitative estimate of drug-likeness (QED) is 0.827. The Labute approximate surface area is 117 Å². The van der Waals surface area contributed by atoms with Gasteiger partial charge in [-0.2, -0.15) is 0 Å². The maximum atomic E-state index is 13.0. The Morgan fingerprint density at radius 2 is 1.85 bits per heavy atom. The monoisotopic (exact) mass is 271 g/mol. The van der Waals surface area contributed by atoms with Crippen molar-refractivity contribution in [2.24, 2.45) is 0 Å². The van der Waals surface area contributed by atoms with Gasteiger partial charge >= 0.3 is 0 Å². The van der Waals surface area contributed by atoms with E-state index in [1.54, 1.807) is 16.7 Å². The summed E-state index contributed by atoms with van der Waals surface area (Å²) in [6.45, 7) is 4.06. The summed E-state index contributed by atoms with van der Waals surface area (Å²) in [6, 6.07) is 8.13. The highest BCUT2D eigenvalue weighted by Gasteiger charge is 2.25. The van der Waals surface area contributed by atoms with Crippen molar-refractivity contribution in [3.05, 3.63) is 63.8 Å². The summed E-state index contributed by atoms with van der Waals surface area (Å²) < 4.78 is 14.7. The van der Waals surface area contributed by atoms with Gasteiger partial charge in [0.05, 0.1) is 0 Å². The highest BCUT2D eigenvalue weighted by Crippen LogP contribution is 2.40. The van der Waals surface area contributed by atoms with Gasteiger partial charge in [-0.25, -0.2) is 4.39 Å². The maximum Gasteiger partial charge on any atom is 0.258 e. The first-order valence-corrected chi connectivity index (χ1v) is 7.08. The smallest absolute Gasteiger partial charge is 0.258 e. The van der Waals surface area contributed by atoms with E-state index in [-0.39, 0.29) is 17.3 Å². The lowest BCUT2D eigenvalue weighted by Crippen LogP contribution is -2.23. The number of pyridine rings is 1. The average molecular weight is 271 g/mol. The van der Waals surface area contributed by atoms with E-state index in [0.29, 0.717) is 5.92 Å². The molecule has 2 nitrogen and oxygen atoms in total. The van der Waals surface area contributed by atoms with Crippen LogP contribution in [0.2, 0.25) is 0 Å². The Morgan fingerprint density at radius 3 is 2.40 bits per heavy atom. The molecule has 1 aromatic heterocycles. The fourth-order valence-corrected chi connectivity index (χ4v) is 2.47. The van der Waals surface area contributed by atoms with E-state index in [2.05, 4.69) is 0 Å². The molecule has 3 rings (SSSR count). The SMILES string of the molecule is CC(C)c1cc(C2CC2)cn(-c2ccc(F)cc2)c1=O. The van der Waals surface area contributed by atoms with Crippen LogP contribution in [0, 0.1) is 5.82 Å². The molecule has 0 amide bonds. The predicted molar refractivity (Wildman–Crippen MR) is 78.1 cm³/mol. The second kappa shape index (κ2) is 4.89. The summed E-state index contributed by atoms with van der Waals surface area (Å²) >= 11 is 0. The topological polar surface area (TPSA) is 22.0 Å². The van der Waals surface area contributed by atoms with E-state index in [1.165, 1.54) is 30.5 Å². The first kappa shape index (κ1) is 13.1. The third-order valence-corrected chi connectivity index (χ3v) is 3.84. The molecule has 0 saturated heterocycles. The fourth-order valence-electron chi connectivity index (χ4n) is 2.47. The molecular weight excluding hydrogens is 253 g/mol. The Hall–Kier alpha value is -1.90. The Bertz CT molecular complexity index is 681. The van der Waals surface area contributed by atoms with E-state index < -0.39 is 0 Å². The van der Waals surface area contributed by atoms with Crippen molar-refractivity contribution >= 4 is 0 Å². The normalized spacial score (nSPS) is 14.8. The summed E-state index contributed by atoms with van der Waals surface area (Å²) in [5.74, 6) is 0.483. The predicted octanol–water partition coefficient (Wildman–Crippen LogP) is 3.98. The molecule has 104 valence electrons. The van der Waals surface area contributed by atoms with E-state index >= 15 is 0 Å². The molecule has 1 aliphatic rings. The molecule has 1 saturated carbocycles. The van der Waals surface area contributed by atoms with Gasteiger partial charge in [0.25, 0.3) is 5.56 Å². The van der Waals surface area contributed by atoms with Crippen LogP contribution in [0.15, 0.2) is 41.3 Å². The molecule has 20 heavy (non-hydrogen) atoms. The van der Waals surface area contributed by atoms with Crippen LogP contribution in [0.5, 0.6) is 0 Å². The molecule has 0 atom stereocenters. The third kappa shape index (κ3) is 2.40. The van der Waals surface area contributed by atoms with Crippen LogP contribution >= 0.6 is 0 Å². The summed E-state index contributed by atoms with van der Waals surface area (Å²) in [4.78, 5) is 12.6. The number of nitrogens with zero attached hydrogens (tertiary/aromatic N) is 1. The molecule has 1 heterocycles. The van der Waals surface area contributed by atoms with Crippen molar-refractivity contribution in [1.82, 2.24) is 4.57 Å². The van der Waals surface area contributed by atoms with Crippen molar-refractivity contribution in [1.29, 1.82) is 0 Å². The first-order valence-electron chi connectivity index (χ1n) is 7.08. The zero-order chi connectivity index (χ0) is 14.3. The second-order valence-electron chi connectivity index (χ2n) is 5.81. The average Bonchev–Trinajstić information content (AvgIpc) is 3.24. The second-order valence-corrected chi connectivity index (χ2v) is 5.81. The molecule has 0 aliphatic heterocycles. The molecule has 0 bridgehead atoms. The van der Waals surface area contributed by atoms with Gasteiger partial charge in [-0.05, 0) is 60.6 Å². The van der Waals surface area contributed by atoms with Crippen molar-refractivity contribution in [2.45, 2.75) is 38.5 Å². The van der Waals surface area contributed by atoms with Gasteiger partial charge in [-0.3, -0.25) is 9.36 Å². The van der Waals surface area contributed by atoms with Crippen LogP contribution in [0.4, 0.5) is 4.39 Å². The standard InChI is InChI=1S/C17H18FNO/c1-11(2)16-9-13(12-3-4-12)10-19(17(16)20)15-7-5-14(18)6-8-15/h5-12H,3-4H2,1-2H3. The molecule has 1 aromatic carbocycles. The summed E-state index contributed by atoms with van der Waals surface area (Å²) in [5.41, 5.74) is 2.77. The lowest BCUT2D eigenvalue weighted by atomic mass is 10.0. The minimum atomic E-state index is -0.288. The number of hydrogen-bond acceptors (Lipinski definition) is 1. The van der Waals surface area contributed by atoms with Gasteiger partial charge < -0.3 is 0 Å². The third-order valence-electron chi connectivity index (χ3n) is 3.84. The number of hydrogen-bond donors (Lipinski definition) is 0. The van der Waals surface area contributed by atoms with Crippen molar-refractivity contribution in [3.8, 4) is 5.69 Å². The van der Waals surface area contributed by atoms with E-state index in [0.717, 1.165) is 11.3 Å². The molecule has 1 fully saturated rings. The molecular formula is C17H18FNO. The fraction of sp³-hybridized carbons (Fsp3) is 0.353. The summed E-state index contributed by atoms with van der Waals surface area (Å²) in [7, 11) is 0. The van der Waals surface area contributed by atoms with Crippen LogP contribution in [0.1, 0.15) is 49.7 Å². The highest BCUT2D eigenvalue weighted by atomic mass is 19.1. The van der Waals surface area contributed by atoms with Gasteiger partial charge in [-0.1, -0.05) is 13.8 Å². The van der Waals surface area contributed by atoms with Crippen molar-refractivity contribution in [3.63, 3.8) is 0 Å². The molecule has 0 unspecified atom stereocenters. The summed E-state index contributed by atoms with van der Waals surface area (Å²) in [5, 5.41) is 0. The lowest BCUT2D eigenvalue weighted by Gasteiger charge is -2.13. The van der Waals surface area contributed by atoms with Crippen LogP contribution in [-0.2, 0) is 0 Å². The van der Waals surface area contributed by atoms with Gasteiger partial charge in [0.2, 0.25) is 0 Å². The minimum absolute atomic E-state index is 0.00370. The van der Waals surface area contributed by atoms with Gasteiger partial charge in [0.1, 0.15) is 5.82 Å².